The molecule has 2 aliphatic rings. The van der Waals surface area contributed by atoms with Gasteiger partial charge in [0.15, 0.2) is 17.7 Å². The lowest BCUT2D eigenvalue weighted by Gasteiger charge is -2.18. The summed E-state index contributed by atoms with van der Waals surface area (Å²) in [6.07, 6.45) is 1.36. The van der Waals surface area contributed by atoms with Gasteiger partial charge in [0.25, 0.3) is 0 Å². The minimum atomic E-state index is -1.09. The van der Waals surface area contributed by atoms with Crippen molar-refractivity contribution in [1.29, 1.82) is 0 Å². The standard InChI is InChI=1S/C15H16F2O4/c1-20-13-8(4-5-10(16)12(13)17)9-6-11(7-2-3-7)21-14(9)15(18)19/h4-5,7,9,11,14H,2-3,6H2,1H3,(H,18,19). The van der Waals surface area contributed by atoms with Crippen LogP contribution in [-0.2, 0) is 9.53 Å². The van der Waals surface area contributed by atoms with Gasteiger partial charge in [0.05, 0.1) is 13.2 Å². The van der Waals surface area contributed by atoms with Gasteiger partial charge in [0, 0.05) is 11.5 Å². The maximum Gasteiger partial charge on any atom is 0.333 e. The molecule has 6 heteroatoms. The van der Waals surface area contributed by atoms with E-state index in [2.05, 4.69) is 0 Å². The highest BCUT2D eigenvalue weighted by Gasteiger charge is 2.47. The lowest BCUT2D eigenvalue weighted by molar-refractivity contribution is -0.150. The van der Waals surface area contributed by atoms with Crippen molar-refractivity contribution in [2.75, 3.05) is 7.11 Å². The first-order chi connectivity index (χ1) is 10.0. The summed E-state index contributed by atoms with van der Waals surface area (Å²) in [5, 5.41) is 9.32. The van der Waals surface area contributed by atoms with Crippen molar-refractivity contribution in [1.82, 2.24) is 0 Å². The molecular weight excluding hydrogens is 282 g/mol. The van der Waals surface area contributed by atoms with Crippen molar-refractivity contribution in [3.05, 3.63) is 29.3 Å². The second kappa shape index (κ2) is 5.26. The highest BCUT2D eigenvalue weighted by atomic mass is 19.2. The number of rotatable bonds is 4. The quantitative estimate of drug-likeness (QED) is 0.928. The van der Waals surface area contributed by atoms with Gasteiger partial charge in [0.2, 0.25) is 5.82 Å². The second-order valence-electron chi connectivity index (χ2n) is 5.60. The molecule has 1 N–H and O–H groups in total. The van der Waals surface area contributed by atoms with Gasteiger partial charge in [-0.15, -0.1) is 0 Å². The van der Waals surface area contributed by atoms with Gasteiger partial charge < -0.3 is 14.6 Å². The average molecular weight is 298 g/mol. The predicted molar refractivity (Wildman–Crippen MR) is 69.3 cm³/mol. The van der Waals surface area contributed by atoms with Crippen molar-refractivity contribution in [2.45, 2.75) is 37.4 Å². The van der Waals surface area contributed by atoms with Crippen LogP contribution in [0.1, 0.15) is 30.7 Å². The van der Waals surface area contributed by atoms with Crippen LogP contribution < -0.4 is 4.74 Å². The van der Waals surface area contributed by atoms with E-state index in [-0.39, 0.29) is 11.9 Å². The largest absolute Gasteiger partial charge is 0.493 e. The van der Waals surface area contributed by atoms with E-state index in [1.807, 2.05) is 0 Å². The molecule has 114 valence electrons. The lowest BCUT2D eigenvalue weighted by Crippen LogP contribution is -2.26. The Bertz CT molecular complexity index is 571. The molecule has 0 aromatic heterocycles. The monoisotopic (exact) mass is 298 g/mol. The Labute approximate surface area is 120 Å². The summed E-state index contributed by atoms with van der Waals surface area (Å²) in [6, 6.07) is 2.38. The van der Waals surface area contributed by atoms with E-state index in [9.17, 15) is 18.7 Å². The minimum Gasteiger partial charge on any atom is -0.493 e. The topological polar surface area (TPSA) is 55.8 Å². The third kappa shape index (κ3) is 2.48. The number of benzene rings is 1. The number of hydrogen-bond donors (Lipinski definition) is 1. The van der Waals surface area contributed by atoms with Crippen LogP contribution in [0.25, 0.3) is 0 Å². The Morgan fingerprint density at radius 2 is 2.10 bits per heavy atom. The molecule has 21 heavy (non-hydrogen) atoms. The number of hydrogen-bond acceptors (Lipinski definition) is 3. The Balaban J connectivity index is 1.97. The fourth-order valence-corrected chi connectivity index (χ4v) is 3.05. The Hall–Kier alpha value is -1.69. The van der Waals surface area contributed by atoms with Crippen LogP contribution in [0.15, 0.2) is 12.1 Å². The molecule has 0 amide bonds. The van der Waals surface area contributed by atoms with Crippen molar-refractivity contribution < 1.29 is 28.2 Å². The zero-order valence-electron chi connectivity index (χ0n) is 11.5. The predicted octanol–water partition coefficient (Wildman–Crippen LogP) is 2.71. The van der Waals surface area contributed by atoms with E-state index in [0.717, 1.165) is 18.9 Å². The molecule has 1 saturated heterocycles. The van der Waals surface area contributed by atoms with Gasteiger partial charge in [0.1, 0.15) is 0 Å². The number of carboxylic acid groups (broad SMARTS) is 1. The molecule has 1 aliphatic carbocycles. The summed E-state index contributed by atoms with van der Waals surface area (Å²) in [7, 11) is 1.24. The summed E-state index contributed by atoms with van der Waals surface area (Å²) in [6.45, 7) is 0. The Kier molecular flexibility index (Phi) is 3.57. The smallest absolute Gasteiger partial charge is 0.333 e. The number of carbonyl (C=O) groups is 1. The third-order valence-electron chi connectivity index (χ3n) is 4.25. The van der Waals surface area contributed by atoms with Crippen LogP contribution in [0, 0.1) is 17.6 Å². The number of ether oxygens (including phenoxy) is 2. The van der Waals surface area contributed by atoms with Crippen LogP contribution in [0.4, 0.5) is 8.78 Å². The van der Waals surface area contributed by atoms with Gasteiger partial charge in [-0.1, -0.05) is 6.07 Å². The van der Waals surface area contributed by atoms with E-state index in [1.165, 1.54) is 13.2 Å². The minimum absolute atomic E-state index is 0.131. The summed E-state index contributed by atoms with van der Waals surface area (Å²) in [5.74, 6) is -3.57. The lowest BCUT2D eigenvalue weighted by atomic mass is 9.89. The molecule has 0 bridgehead atoms. The van der Waals surface area contributed by atoms with Crippen LogP contribution in [0.5, 0.6) is 5.75 Å². The second-order valence-corrected chi connectivity index (χ2v) is 5.60. The first-order valence-corrected chi connectivity index (χ1v) is 6.93. The molecule has 3 rings (SSSR count). The van der Waals surface area contributed by atoms with Crippen LogP contribution in [0.3, 0.4) is 0 Å². The van der Waals surface area contributed by atoms with Gasteiger partial charge >= 0.3 is 5.97 Å². The van der Waals surface area contributed by atoms with Gasteiger partial charge in [-0.3, -0.25) is 0 Å². The molecule has 1 saturated carbocycles. The van der Waals surface area contributed by atoms with Crippen molar-refractivity contribution in [3.8, 4) is 5.75 Å². The van der Waals surface area contributed by atoms with Gasteiger partial charge in [-0.2, -0.15) is 4.39 Å². The molecule has 1 heterocycles. The Morgan fingerprint density at radius 1 is 1.38 bits per heavy atom. The van der Waals surface area contributed by atoms with Crippen molar-refractivity contribution >= 4 is 5.97 Å². The molecule has 1 aliphatic heterocycles. The number of halogens is 2. The van der Waals surface area contributed by atoms with Crippen LogP contribution >= 0.6 is 0 Å². The molecule has 1 aromatic rings. The zero-order valence-corrected chi connectivity index (χ0v) is 11.5. The molecule has 3 atom stereocenters. The molecular formula is C15H16F2O4. The molecule has 0 spiro atoms. The maximum absolute atomic E-state index is 13.8. The summed E-state index contributed by atoms with van der Waals surface area (Å²) >= 11 is 0. The van der Waals surface area contributed by atoms with E-state index in [0.29, 0.717) is 17.9 Å². The SMILES string of the molecule is COc1c(C2CC(C3CC3)OC2C(=O)O)ccc(F)c1F. The summed E-state index contributed by atoms with van der Waals surface area (Å²) < 4.78 is 37.7. The zero-order chi connectivity index (χ0) is 15.1. The van der Waals surface area contributed by atoms with E-state index >= 15 is 0 Å². The fraction of sp³-hybridized carbons (Fsp3) is 0.533. The average Bonchev–Trinajstić information content (AvgIpc) is 3.20. The van der Waals surface area contributed by atoms with E-state index < -0.39 is 29.6 Å². The molecule has 2 fully saturated rings. The summed E-state index contributed by atoms with van der Waals surface area (Å²) in [4.78, 5) is 11.4. The molecule has 1 aromatic carbocycles. The first kappa shape index (κ1) is 14.3. The highest BCUT2D eigenvalue weighted by Crippen LogP contribution is 2.47. The van der Waals surface area contributed by atoms with Crippen LogP contribution in [-0.4, -0.2) is 30.4 Å². The van der Waals surface area contributed by atoms with E-state index in [1.54, 1.807) is 0 Å². The third-order valence-corrected chi connectivity index (χ3v) is 4.25. The van der Waals surface area contributed by atoms with Crippen molar-refractivity contribution in [2.24, 2.45) is 5.92 Å². The molecule has 3 unspecified atom stereocenters. The van der Waals surface area contributed by atoms with Gasteiger partial charge in [-0.05, 0) is 31.2 Å². The fourth-order valence-electron chi connectivity index (χ4n) is 3.05. The highest BCUT2D eigenvalue weighted by molar-refractivity contribution is 5.74. The van der Waals surface area contributed by atoms with Crippen LogP contribution in [0.2, 0.25) is 0 Å². The number of aliphatic carboxylic acids is 1. The normalized spacial score (nSPS) is 28.6. The Morgan fingerprint density at radius 3 is 2.67 bits per heavy atom. The van der Waals surface area contributed by atoms with Crippen molar-refractivity contribution in [3.63, 3.8) is 0 Å². The first-order valence-electron chi connectivity index (χ1n) is 6.93. The maximum atomic E-state index is 13.8. The summed E-state index contributed by atoms with van der Waals surface area (Å²) in [5.41, 5.74) is 0.354. The van der Waals surface area contributed by atoms with E-state index in [4.69, 9.17) is 9.47 Å². The number of methoxy groups -OCH3 is 1. The number of carboxylic acids is 1. The van der Waals surface area contributed by atoms with Gasteiger partial charge in [-0.25, -0.2) is 9.18 Å². The molecule has 0 radical (unpaired) electrons. The molecule has 4 nitrogen and oxygen atoms in total.